The maximum absolute atomic E-state index is 12.5. The molecule has 0 radical (unpaired) electrons. The van der Waals surface area contributed by atoms with Crippen molar-refractivity contribution >= 4 is 11.9 Å². The second-order valence-electron chi connectivity index (χ2n) is 12.6. The molecule has 0 aliphatic heterocycles. The first kappa shape index (κ1) is 28.3. The Balaban J connectivity index is 1.06. The number of aryl methyl sites for hydroxylation is 2. The molecule has 3 unspecified atom stereocenters. The number of carbonyl (C=O) groups excluding carboxylic acids is 2. The van der Waals surface area contributed by atoms with Gasteiger partial charge in [0.05, 0.1) is 18.0 Å². The van der Waals surface area contributed by atoms with Crippen LogP contribution in [0.5, 0.6) is 0 Å². The standard InChI is InChI=1S/C31H47N3O5/c1-22(35)31(37)18-8-7-11-24(16-19-31)39-30(36)38-21-27-25-12-14-28-29(15-13-26(25)27)34(33-32-28)20-17-23-9-5-3-2-4-6-10-23/h7,11,23-27,37H,2-6,8-10,12-21H2,1H3/b11-7+/t24-,25?,26?,27?,31-/m0/s1. The second-order valence-corrected chi connectivity index (χ2v) is 12.6. The Labute approximate surface area is 232 Å². The van der Waals surface area contributed by atoms with Crippen LogP contribution in [0.25, 0.3) is 0 Å². The largest absolute Gasteiger partial charge is 0.508 e. The SMILES string of the molecule is CC(=O)[C@]1(O)CC/C=C/[C@H](OC(=O)OCC2C3CCc4nnn(CCC5CCCCCCC5)c4CCC32)CC1. The van der Waals surface area contributed by atoms with Gasteiger partial charge in [0.15, 0.2) is 5.78 Å². The lowest BCUT2D eigenvalue weighted by Gasteiger charge is -2.28. The predicted molar refractivity (Wildman–Crippen MR) is 147 cm³/mol. The number of Topliss-reactive ketones (excluding diaryl/α,β-unsaturated/α-hetero) is 1. The molecular formula is C31H47N3O5. The number of aromatic nitrogens is 3. The molecule has 0 saturated heterocycles. The highest BCUT2D eigenvalue weighted by Gasteiger charge is 2.50. The Morgan fingerprint density at radius 3 is 2.54 bits per heavy atom. The van der Waals surface area contributed by atoms with Gasteiger partial charge < -0.3 is 14.6 Å². The summed E-state index contributed by atoms with van der Waals surface area (Å²) in [4.78, 5) is 24.3. The van der Waals surface area contributed by atoms with E-state index in [2.05, 4.69) is 15.0 Å². The van der Waals surface area contributed by atoms with E-state index in [9.17, 15) is 14.7 Å². The van der Waals surface area contributed by atoms with E-state index >= 15 is 0 Å². The van der Waals surface area contributed by atoms with Gasteiger partial charge in [-0.15, -0.1) is 5.10 Å². The van der Waals surface area contributed by atoms with Gasteiger partial charge in [0.2, 0.25) is 0 Å². The van der Waals surface area contributed by atoms with Crippen LogP contribution in [0.3, 0.4) is 0 Å². The molecule has 4 aliphatic rings. The van der Waals surface area contributed by atoms with Crippen LogP contribution in [0.4, 0.5) is 4.79 Å². The topological polar surface area (TPSA) is 104 Å². The van der Waals surface area contributed by atoms with Crippen LogP contribution in [0.15, 0.2) is 12.2 Å². The van der Waals surface area contributed by atoms with Gasteiger partial charge in [-0.2, -0.15) is 0 Å². The summed E-state index contributed by atoms with van der Waals surface area (Å²) < 4.78 is 13.3. The highest BCUT2D eigenvalue weighted by Crippen LogP contribution is 2.53. The van der Waals surface area contributed by atoms with Crippen molar-refractivity contribution in [2.24, 2.45) is 23.7 Å². The number of fused-ring (bicyclic) bond motifs is 2. The molecule has 1 aromatic rings. The molecule has 5 atom stereocenters. The molecule has 39 heavy (non-hydrogen) atoms. The fraction of sp³-hybridized carbons (Fsp3) is 0.806. The molecule has 8 nitrogen and oxygen atoms in total. The monoisotopic (exact) mass is 541 g/mol. The van der Waals surface area contributed by atoms with Crippen LogP contribution in [0.1, 0.15) is 108 Å². The van der Waals surface area contributed by atoms with Crippen molar-refractivity contribution < 1.29 is 24.2 Å². The third-order valence-electron chi connectivity index (χ3n) is 10.0. The Morgan fingerprint density at radius 2 is 1.77 bits per heavy atom. The Hall–Kier alpha value is -2.22. The number of rotatable bonds is 7. The van der Waals surface area contributed by atoms with Gasteiger partial charge in [-0.05, 0) is 94.5 Å². The van der Waals surface area contributed by atoms with Crippen molar-refractivity contribution in [3.63, 3.8) is 0 Å². The van der Waals surface area contributed by atoms with E-state index in [0.717, 1.165) is 38.1 Å². The van der Waals surface area contributed by atoms with E-state index in [4.69, 9.17) is 9.47 Å². The number of hydrogen-bond acceptors (Lipinski definition) is 7. The molecule has 2 fully saturated rings. The van der Waals surface area contributed by atoms with Gasteiger partial charge in [-0.25, -0.2) is 9.48 Å². The minimum absolute atomic E-state index is 0.234. The minimum atomic E-state index is -1.34. The molecule has 0 spiro atoms. The number of hydrogen-bond donors (Lipinski definition) is 1. The number of carbonyl (C=O) groups is 2. The zero-order valence-corrected chi connectivity index (χ0v) is 23.7. The molecule has 216 valence electrons. The van der Waals surface area contributed by atoms with Crippen LogP contribution >= 0.6 is 0 Å². The van der Waals surface area contributed by atoms with Crippen molar-refractivity contribution in [2.75, 3.05) is 6.61 Å². The van der Waals surface area contributed by atoms with Gasteiger partial charge in [0.1, 0.15) is 11.7 Å². The summed E-state index contributed by atoms with van der Waals surface area (Å²) in [5.41, 5.74) is 1.15. The molecule has 2 saturated carbocycles. The van der Waals surface area contributed by atoms with E-state index in [1.54, 1.807) is 0 Å². The number of ether oxygens (including phenoxy) is 2. The van der Waals surface area contributed by atoms with Crippen molar-refractivity contribution in [3.8, 4) is 0 Å². The van der Waals surface area contributed by atoms with Gasteiger partial charge >= 0.3 is 6.16 Å². The maximum Gasteiger partial charge on any atom is 0.508 e. The summed E-state index contributed by atoms with van der Waals surface area (Å²) in [6.45, 7) is 2.79. The Bertz CT molecular complexity index is 1010. The van der Waals surface area contributed by atoms with Crippen molar-refractivity contribution in [3.05, 3.63) is 23.5 Å². The highest BCUT2D eigenvalue weighted by atomic mass is 16.7. The molecule has 0 bridgehead atoms. The summed E-state index contributed by atoms with van der Waals surface area (Å²) in [7, 11) is 0. The number of aliphatic hydroxyl groups is 1. The molecule has 1 aromatic heterocycles. The van der Waals surface area contributed by atoms with Crippen LogP contribution in [-0.2, 0) is 33.7 Å². The van der Waals surface area contributed by atoms with Gasteiger partial charge in [0, 0.05) is 6.54 Å². The first-order valence-electron chi connectivity index (χ1n) is 15.6. The summed E-state index contributed by atoms with van der Waals surface area (Å²) in [5.74, 6) is 2.12. The fourth-order valence-corrected chi connectivity index (χ4v) is 7.33. The van der Waals surface area contributed by atoms with Crippen molar-refractivity contribution in [1.29, 1.82) is 0 Å². The van der Waals surface area contributed by atoms with E-state index < -0.39 is 17.9 Å². The highest BCUT2D eigenvalue weighted by molar-refractivity contribution is 5.84. The number of ketones is 1. The lowest BCUT2D eigenvalue weighted by atomic mass is 9.85. The van der Waals surface area contributed by atoms with E-state index in [-0.39, 0.29) is 12.2 Å². The van der Waals surface area contributed by atoms with Crippen LogP contribution < -0.4 is 0 Å². The van der Waals surface area contributed by atoms with E-state index in [0.29, 0.717) is 43.6 Å². The first-order valence-corrected chi connectivity index (χ1v) is 15.6. The normalized spacial score (nSPS) is 32.6. The van der Waals surface area contributed by atoms with Crippen molar-refractivity contribution in [1.82, 2.24) is 15.0 Å². The zero-order chi connectivity index (χ0) is 27.2. The average molecular weight is 542 g/mol. The predicted octanol–water partition coefficient (Wildman–Crippen LogP) is 5.74. The molecule has 4 aliphatic carbocycles. The minimum Gasteiger partial charge on any atom is -0.434 e. The summed E-state index contributed by atoms with van der Waals surface area (Å²) in [6, 6.07) is 0. The summed E-state index contributed by atoms with van der Waals surface area (Å²) in [6.07, 6.45) is 19.2. The Morgan fingerprint density at radius 1 is 1.03 bits per heavy atom. The molecule has 5 rings (SSSR count). The quantitative estimate of drug-likeness (QED) is 0.347. The Kier molecular flexibility index (Phi) is 9.41. The van der Waals surface area contributed by atoms with Crippen LogP contribution in [-0.4, -0.2) is 50.4 Å². The molecule has 1 heterocycles. The van der Waals surface area contributed by atoms with E-state index in [1.807, 2.05) is 12.2 Å². The zero-order valence-electron chi connectivity index (χ0n) is 23.7. The lowest BCUT2D eigenvalue weighted by molar-refractivity contribution is -0.137. The smallest absolute Gasteiger partial charge is 0.434 e. The van der Waals surface area contributed by atoms with Gasteiger partial charge in [-0.1, -0.05) is 56.2 Å². The molecule has 0 amide bonds. The first-order chi connectivity index (χ1) is 18.9. The number of nitrogens with zero attached hydrogens (tertiary/aromatic N) is 3. The van der Waals surface area contributed by atoms with Gasteiger partial charge in [-0.3, -0.25) is 4.79 Å². The van der Waals surface area contributed by atoms with E-state index in [1.165, 1.54) is 69.7 Å². The average Bonchev–Trinajstić information content (AvgIpc) is 3.39. The van der Waals surface area contributed by atoms with Crippen LogP contribution in [0.2, 0.25) is 0 Å². The molecule has 0 aromatic carbocycles. The fourth-order valence-electron chi connectivity index (χ4n) is 7.33. The second kappa shape index (κ2) is 13.0. The third-order valence-corrected chi connectivity index (χ3v) is 10.0. The van der Waals surface area contributed by atoms with Crippen molar-refractivity contribution in [2.45, 2.75) is 128 Å². The number of allylic oxidation sites excluding steroid dienone is 1. The van der Waals surface area contributed by atoms with Crippen LogP contribution in [0, 0.1) is 23.7 Å². The summed E-state index contributed by atoms with van der Waals surface area (Å²) >= 11 is 0. The third kappa shape index (κ3) is 7.30. The van der Waals surface area contributed by atoms with Gasteiger partial charge in [0.25, 0.3) is 0 Å². The molecule has 8 heteroatoms. The lowest BCUT2D eigenvalue weighted by Crippen LogP contribution is -2.38. The molecular weight excluding hydrogens is 494 g/mol. The molecule has 1 N–H and O–H groups in total. The maximum atomic E-state index is 12.5. The summed E-state index contributed by atoms with van der Waals surface area (Å²) in [5, 5.41) is 19.7.